The summed E-state index contributed by atoms with van der Waals surface area (Å²) in [5, 5.41) is 11.1. The van der Waals surface area contributed by atoms with Crippen LogP contribution in [0.15, 0.2) is 36.4 Å². The van der Waals surface area contributed by atoms with Crippen LogP contribution in [0.1, 0.15) is 22.8 Å². The van der Waals surface area contributed by atoms with Crippen molar-refractivity contribution in [2.75, 3.05) is 6.61 Å². The second-order valence-electron chi connectivity index (χ2n) is 4.54. The zero-order valence-corrected chi connectivity index (χ0v) is 13.0. The Morgan fingerprint density at radius 2 is 1.89 bits per heavy atom. The van der Waals surface area contributed by atoms with E-state index in [0.717, 1.165) is 39.0 Å². The summed E-state index contributed by atoms with van der Waals surface area (Å²) in [6.07, 6.45) is 0.254. The molecule has 0 amide bonds. The van der Waals surface area contributed by atoms with E-state index in [1.807, 2.05) is 36.4 Å². The molecule has 0 bridgehead atoms. The monoisotopic (exact) mass is 386 g/mol. The van der Waals surface area contributed by atoms with E-state index >= 15 is 0 Å². The van der Waals surface area contributed by atoms with Crippen LogP contribution in [0.25, 0.3) is 0 Å². The zero-order valence-electron chi connectivity index (χ0n) is 10.1. The molecule has 4 heteroatoms. The first-order chi connectivity index (χ1) is 9.15. The number of halogens is 2. The van der Waals surface area contributed by atoms with Crippen molar-refractivity contribution >= 4 is 34.2 Å². The van der Waals surface area contributed by atoms with Crippen LogP contribution in [0.3, 0.4) is 0 Å². The van der Waals surface area contributed by atoms with Crippen molar-refractivity contribution in [1.82, 2.24) is 0 Å². The smallest absolute Gasteiger partial charge is 0.122 e. The van der Waals surface area contributed by atoms with Crippen molar-refractivity contribution in [1.29, 1.82) is 0 Å². The fraction of sp³-hybridized carbons (Fsp3) is 0.200. The van der Waals surface area contributed by atoms with Crippen molar-refractivity contribution in [3.8, 4) is 5.75 Å². The molecule has 2 aromatic carbocycles. The van der Waals surface area contributed by atoms with E-state index in [4.69, 9.17) is 16.3 Å². The summed E-state index contributed by atoms with van der Waals surface area (Å²) in [5.74, 6) is 0.927. The van der Waals surface area contributed by atoms with Crippen LogP contribution in [0.4, 0.5) is 0 Å². The van der Waals surface area contributed by atoms with E-state index < -0.39 is 6.10 Å². The first kappa shape index (κ1) is 13.2. The summed E-state index contributed by atoms with van der Waals surface area (Å²) in [4.78, 5) is 0. The average Bonchev–Trinajstić information content (AvgIpc) is 2.88. The third-order valence-corrected chi connectivity index (χ3v) is 4.86. The average molecular weight is 387 g/mol. The molecule has 1 heterocycles. The maximum Gasteiger partial charge on any atom is 0.122 e. The SMILES string of the molecule is OC(c1ccc(I)c(Cl)c1)c1ccc2c(c1)CCO2. The number of hydrogen-bond acceptors (Lipinski definition) is 2. The summed E-state index contributed by atoms with van der Waals surface area (Å²) in [5.41, 5.74) is 2.85. The van der Waals surface area contributed by atoms with E-state index in [0.29, 0.717) is 5.02 Å². The summed E-state index contributed by atoms with van der Waals surface area (Å²) in [6, 6.07) is 11.5. The lowest BCUT2D eigenvalue weighted by molar-refractivity contribution is 0.220. The van der Waals surface area contributed by atoms with Crippen LogP contribution in [-0.4, -0.2) is 11.7 Å². The van der Waals surface area contributed by atoms with Gasteiger partial charge in [-0.2, -0.15) is 0 Å². The van der Waals surface area contributed by atoms with Crippen LogP contribution in [-0.2, 0) is 6.42 Å². The highest BCUT2D eigenvalue weighted by atomic mass is 127. The largest absolute Gasteiger partial charge is 0.493 e. The lowest BCUT2D eigenvalue weighted by Crippen LogP contribution is -2.00. The van der Waals surface area contributed by atoms with Crippen LogP contribution in [0.2, 0.25) is 5.02 Å². The molecule has 0 fully saturated rings. The van der Waals surface area contributed by atoms with Crippen molar-refractivity contribution in [2.24, 2.45) is 0 Å². The van der Waals surface area contributed by atoms with Crippen molar-refractivity contribution < 1.29 is 9.84 Å². The Morgan fingerprint density at radius 3 is 2.68 bits per heavy atom. The Morgan fingerprint density at radius 1 is 1.16 bits per heavy atom. The fourth-order valence-electron chi connectivity index (χ4n) is 2.25. The van der Waals surface area contributed by atoms with Crippen LogP contribution >= 0.6 is 34.2 Å². The molecule has 0 saturated heterocycles. The van der Waals surface area contributed by atoms with Gasteiger partial charge >= 0.3 is 0 Å². The van der Waals surface area contributed by atoms with Gasteiger partial charge in [-0.05, 0) is 63.5 Å². The molecule has 3 rings (SSSR count). The molecule has 1 N–H and O–H groups in total. The van der Waals surface area contributed by atoms with Gasteiger partial charge in [0.15, 0.2) is 0 Å². The minimum Gasteiger partial charge on any atom is -0.493 e. The first-order valence-corrected chi connectivity index (χ1v) is 7.49. The van der Waals surface area contributed by atoms with Gasteiger partial charge in [0.1, 0.15) is 11.9 Å². The molecule has 1 unspecified atom stereocenters. The predicted octanol–water partition coefficient (Wildman–Crippen LogP) is 3.96. The van der Waals surface area contributed by atoms with E-state index in [9.17, 15) is 5.11 Å². The number of aliphatic hydroxyl groups is 1. The molecular formula is C15H12ClIO2. The van der Waals surface area contributed by atoms with E-state index in [1.165, 1.54) is 0 Å². The van der Waals surface area contributed by atoms with Crippen LogP contribution in [0.5, 0.6) is 5.75 Å². The summed E-state index contributed by atoms with van der Waals surface area (Å²) >= 11 is 8.27. The molecular weight excluding hydrogens is 375 g/mol. The molecule has 0 aliphatic carbocycles. The van der Waals surface area contributed by atoms with Gasteiger partial charge in [0.2, 0.25) is 0 Å². The minimum absolute atomic E-state index is 0.652. The molecule has 19 heavy (non-hydrogen) atoms. The van der Waals surface area contributed by atoms with Gasteiger partial charge in [0.25, 0.3) is 0 Å². The highest BCUT2D eigenvalue weighted by molar-refractivity contribution is 14.1. The maximum absolute atomic E-state index is 10.4. The highest BCUT2D eigenvalue weighted by Gasteiger charge is 2.17. The maximum atomic E-state index is 10.4. The highest BCUT2D eigenvalue weighted by Crippen LogP contribution is 2.32. The Bertz CT molecular complexity index is 628. The molecule has 2 nitrogen and oxygen atoms in total. The van der Waals surface area contributed by atoms with Gasteiger partial charge in [-0.1, -0.05) is 23.7 Å². The number of aliphatic hydroxyl groups excluding tert-OH is 1. The Hall–Kier alpha value is -0.780. The van der Waals surface area contributed by atoms with Gasteiger partial charge in [-0.15, -0.1) is 0 Å². The van der Waals surface area contributed by atoms with Gasteiger partial charge < -0.3 is 9.84 Å². The molecule has 98 valence electrons. The molecule has 1 aliphatic rings. The summed E-state index contributed by atoms with van der Waals surface area (Å²) < 4.78 is 6.45. The van der Waals surface area contributed by atoms with Crippen LogP contribution in [0, 0.1) is 3.57 Å². The third kappa shape index (κ3) is 2.59. The fourth-order valence-corrected chi connectivity index (χ4v) is 2.78. The molecule has 1 aliphatic heterocycles. The topological polar surface area (TPSA) is 29.5 Å². The first-order valence-electron chi connectivity index (χ1n) is 6.04. The lowest BCUT2D eigenvalue weighted by Gasteiger charge is -2.13. The molecule has 0 spiro atoms. The summed E-state index contributed by atoms with van der Waals surface area (Å²) in [6.45, 7) is 0.726. The molecule has 0 saturated carbocycles. The number of fused-ring (bicyclic) bond motifs is 1. The van der Waals surface area contributed by atoms with Crippen molar-refractivity contribution in [3.63, 3.8) is 0 Å². The lowest BCUT2D eigenvalue weighted by atomic mass is 9.99. The Kier molecular flexibility index (Phi) is 3.69. The van der Waals surface area contributed by atoms with E-state index in [-0.39, 0.29) is 0 Å². The minimum atomic E-state index is -0.652. The molecule has 2 aromatic rings. The van der Waals surface area contributed by atoms with Crippen molar-refractivity contribution in [3.05, 3.63) is 61.7 Å². The van der Waals surface area contributed by atoms with Crippen molar-refractivity contribution in [2.45, 2.75) is 12.5 Å². The second kappa shape index (κ2) is 5.31. The predicted molar refractivity (Wildman–Crippen MR) is 83.9 cm³/mol. The van der Waals surface area contributed by atoms with Crippen LogP contribution < -0.4 is 4.74 Å². The normalized spacial score (nSPS) is 14.9. The molecule has 1 atom stereocenters. The third-order valence-electron chi connectivity index (χ3n) is 3.29. The van der Waals surface area contributed by atoms with E-state index in [2.05, 4.69) is 22.6 Å². The van der Waals surface area contributed by atoms with Gasteiger partial charge in [-0.3, -0.25) is 0 Å². The number of ether oxygens (including phenoxy) is 1. The number of hydrogen-bond donors (Lipinski definition) is 1. The number of rotatable bonds is 2. The second-order valence-corrected chi connectivity index (χ2v) is 6.11. The Labute approximate surface area is 130 Å². The standard InChI is InChI=1S/C15H12ClIO2/c16-12-8-11(1-3-13(12)17)15(18)10-2-4-14-9(7-10)5-6-19-14/h1-4,7-8,15,18H,5-6H2. The van der Waals surface area contributed by atoms with E-state index in [1.54, 1.807) is 0 Å². The number of benzene rings is 2. The van der Waals surface area contributed by atoms with Gasteiger partial charge in [0, 0.05) is 9.99 Å². The quantitative estimate of drug-likeness (QED) is 0.792. The molecule has 0 radical (unpaired) electrons. The van der Waals surface area contributed by atoms with Gasteiger partial charge in [-0.25, -0.2) is 0 Å². The zero-order chi connectivity index (χ0) is 13.4. The van der Waals surface area contributed by atoms with Gasteiger partial charge in [0.05, 0.1) is 11.6 Å². The Balaban J connectivity index is 1.94. The summed E-state index contributed by atoms with van der Waals surface area (Å²) in [7, 11) is 0. The molecule has 0 aromatic heterocycles.